The van der Waals surface area contributed by atoms with Gasteiger partial charge in [0.15, 0.2) is 0 Å². The molecular weight excluding hydrogens is 504 g/mol. The van der Waals surface area contributed by atoms with Crippen LogP contribution in [0, 0.1) is 0 Å². The van der Waals surface area contributed by atoms with Gasteiger partial charge in [-0.2, -0.15) is 4.98 Å². The van der Waals surface area contributed by atoms with Crippen LogP contribution in [0.5, 0.6) is 0 Å². The molecule has 4 rings (SSSR count). The maximum Gasteiger partial charge on any atom is 0.254 e. The van der Waals surface area contributed by atoms with E-state index in [2.05, 4.69) is 42.2 Å². The first-order valence-electron chi connectivity index (χ1n) is 12.3. The number of rotatable bonds is 8. The lowest BCUT2D eigenvalue weighted by molar-refractivity contribution is 0.100. The molecule has 1 aliphatic heterocycles. The molecule has 5 N–H and O–H groups in total. The lowest BCUT2D eigenvalue weighted by Crippen LogP contribution is -2.44. The summed E-state index contributed by atoms with van der Waals surface area (Å²) in [6, 6.07) is 14.2. The van der Waals surface area contributed by atoms with Crippen LogP contribution in [0.15, 0.2) is 59.6 Å². The Bertz CT molecular complexity index is 1400. The monoisotopic (exact) mass is 538 g/mol. The summed E-state index contributed by atoms with van der Waals surface area (Å²) in [5.74, 6) is -0.306. The second-order valence-corrected chi connectivity index (χ2v) is 12.0. The molecule has 202 valence electrons. The Kier molecular flexibility index (Phi) is 7.86. The van der Waals surface area contributed by atoms with Crippen LogP contribution in [0.4, 0.5) is 28.8 Å². The van der Waals surface area contributed by atoms with Gasteiger partial charge in [0.2, 0.25) is 16.0 Å². The minimum atomic E-state index is -3.76. The van der Waals surface area contributed by atoms with Crippen molar-refractivity contribution >= 4 is 44.8 Å². The topological polar surface area (TPSA) is 146 Å². The van der Waals surface area contributed by atoms with Crippen LogP contribution < -0.4 is 26.0 Å². The van der Waals surface area contributed by atoms with E-state index in [1.165, 1.54) is 18.3 Å². The number of carbonyl (C=O) groups is 1. The largest absolute Gasteiger partial charge is 0.369 e. The number of primary amides is 1. The van der Waals surface area contributed by atoms with Crippen molar-refractivity contribution < 1.29 is 13.2 Å². The third-order valence-corrected chi connectivity index (χ3v) is 7.65. The van der Waals surface area contributed by atoms with Crippen LogP contribution in [0.25, 0.3) is 0 Å². The zero-order valence-corrected chi connectivity index (χ0v) is 22.8. The first-order chi connectivity index (χ1) is 17.9. The van der Waals surface area contributed by atoms with Crippen LogP contribution in [0.1, 0.15) is 31.1 Å². The standard InChI is InChI=1S/C26H34N8O3S/c1-26(2,3)32-38(36,37)21-7-5-6-19(16-21)29-24-22(23(27)35)17-28-25(31-24)30-18-8-10-20(11-9-18)34-14-12-33(4)13-15-34/h5-11,16-17,32H,12-15H2,1-4H3,(H2,27,35)(H2,28,29,30,31). The van der Waals surface area contributed by atoms with Gasteiger partial charge in [0.1, 0.15) is 11.4 Å². The second kappa shape index (κ2) is 10.9. The van der Waals surface area contributed by atoms with Crippen molar-refractivity contribution in [3.8, 4) is 0 Å². The highest BCUT2D eigenvalue weighted by molar-refractivity contribution is 7.89. The molecule has 0 unspecified atom stereocenters. The number of anilines is 5. The molecule has 1 amide bonds. The zero-order valence-electron chi connectivity index (χ0n) is 22.0. The van der Waals surface area contributed by atoms with E-state index in [0.29, 0.717) is 5.69 Å². The van der Waals surface area contributed by atoms with Gasteiger partial charge in [-0.1, -0.05) is 6.07 Å². The third kappa shape index (κ3) is 6.97. The molecule has 1 saturated heterocycles. The number of aromatic nitrogens is 2. The number of nitrogens with zero attached hydrogens (tertiary/aromatic N) is 4. The van der Waals surface area contributed by atoms with E-state index in [-0.39, 0.29) is 22.2 Å². The van der Waals surface area contributed by atoms with E-state index in [1.54, 1.807) is 32.9 Å². The van der Waals surface area contributed by atoms with Crippen LogP contribution in [-0.4, -0.2) is 68.0 Å². The smallest absolute Gasteiger partial charge is 0.254 e. The number of sulfonamides is 1. The van der Waals surface area contributed by atoms with E-state index in [9.17, 15) is 13.2 Å². The molecule has 0 aliphatic carbocycles. The van der Waals surface area contributed by atoms with Gasteiger partial charge in [-0.25, -0.2) is 18.1 Å². The normalized spacial score (nSPS) is 14.8. The Labute approximate surface area is 223 Å². The van der Waals surface area contributed by atoms with Crippen LogP contribution in [-0.2, 0) is 10.0 Å². The highest BCUT2D eigenvalue weighted by Gasteiger charge is 2.22. The Morgan fingerprint density at radius 1 is 0.974 bits per heavy atom. The van der Waals surface area contributed by atoms with Crippen LogP contribution in [0.3, 0.4) is 0 Å². The summed E-state index contributed by atoms with van der Waals surface area (Å²) in [7, 11) is -1.63. The van der Waals surface area contributed by atoms with Gasteiger partial charge in [0.25, 0.3) is 5.91 Å². The lowest BCUT2D eigenvalue weighted by Gasteiger charge is -2.34. The molecule has 1 aromatic heterocycles. The molecule has 1 aliphatic rings. The molecule has 3 aromatic rings. The van der Waals surface area contributed by atoms with Crippen molar-refractivity contribution in [2.24, 2.45) is 5.73 Å². The van der Waals surface area contributed by atoms with E-state index in [0.717, 1.165) is 37.6 Å². The van der Waals surface area contributed by atoms with E-state index < -0.39 is 21.5 Å². The van der Waals surface area contributed by atoms with Gasteiger partial charge < -0.3 is 26.2 Å². The zero-order chi connectivity index (χ0) is 27.5. The fourth-order valence-corrected chi connectivity index (χ4v) is 5.47. The fourth-order valence-electron chi connectivity index (χ4n) is 4.01. The number of likely N-dealkylation sites (N-methyl/N-ethyl adjacent to an activating group) is 1. The quantitative estimate of drug-likeness (QED) is 0.340. The first-order valence-corrected chi connectivity index (χ1v) is 13.8. The summed E-state index contributed by atoms with van der Waals surface area (Å²) in [6.07, 6.45) is 1.33. The van der Waals surface area contributed by atoms with Gasteiger partial charge >= 0.3 is 0 Å². The number of nitrogens with one attached hydrogen (secondary N) is 3. The van der Waals surface area contributed by atoms with E-state index in [4.69, 9.17) is 5.73 Å². The number of piperazine rings is 1. The van der Waals surface area contributed by atoms with Crippen molar-refractivity contribution in [2.75, 3.05) is 48.8 Å². The Hall–Kier alpha value is -3.74. The van der Waals surface area contributed by atoms with Gasteiger partial charge in [0.05, 0.1) is 4.90 Å². The molecule has 2 heterocycles. The highest BCUT2D eigenvalue weighted by atomic mass is 32.2. The summed E-state index contributed by atoms with van der Waals surface area (Å²) >= 11 is 0. The van der Waals surface area contributed by atoms with Crippen molar-refractivity contribution in [1.82, 2.24) is 19.6 Å². The summed E-state index contributed by atoms with van der Waals surface area (Å²) in [4.78, 5) is 25.4. The molecule has 0 bridgehead atoms. The van der Waals surface area contributed by atoms with Crippen molar-refractivity contribution in [2.45, 2.75) is 31.2 Å². The Balaban J connectivity index is 1.53. The predicted octanol–water partition coefficient (Wildman–Crippen LogP) is 2.89. The molecule has 2 aromatic carbocycles. The average molecular weight is 539 g/mol. The summed E-state index contributed by atoms with van der Waals surface area (Å²) in [6.45, 7) is 9.30. The lowest BCUT2D eigenvalue weighted by atomic mass is 10.1. The van der Waals surface area contributed by atoms with Gasteiger partial charge in [-0.05, 0) is 70.3 Å². The predicted molar refractivity (Wildman–Crippen MR) is 150 cm³/mol. The summed E-state index contributed by atoms with van der Waals surface area (Å²) < 4.78 is 28.2. The fraction of sp³-hybridized carbons (Fsp3) is 0.346. The molecular formula is C26H34N8O3S. The summed E-state index contributed by atoms with van der Waals surface area (Å²) in [5, 5.41) is 6.16. The molecule has 0 spiro atoms. The Morgan fingerprint density at radius 3 is 2.29 bits per heavy atom. The molecule has 0 atom stereocenters. The van der Waals surface area contributed by atoms with Crippen LogP contribution >= 0.6 is 0 Å². The molecule has 11 nitrogen and oxygen atoms in total. The second-order valence-electron chi connectivity index (χ2n) is 10.3. The SMILES string of the molecule is CN1CCN(c2ccc(Nc3ncc(C(N)=O)c(Nc4cccc(S(=O)(=O)NC(C)(C)C)c4)n3)cc2)CC1. The third-order valence-electron chi connectivity index (χ3n) is 5.89. The maximum atomic E-state index is 12.8. The molecule has 12 heteroatoms. The number of carbonyl (C=O) groups excluding carboxylic acids is 1. The Morgan fingerprint density at radius 2 is 1.66 bits per heavy atom. The minimum absolute atomic E-state index is 0.0713. The van der Waals surface area contributed by atoms with E-state index >= 15 is 0 Å². The van der Waals surface area contributed by atoms with Crippen molar-refractivity contribution in [3.05, 3.63) is 60.3 Å². The van der Waals surface area contributed by atoms with Crippen molar-refractivity contribution in [3.63, 3.8) is 0 Å². The maximum absolute atomic E-state index is 12.8. The number of benzene rings is 2. The number of hydrogen-bond donors (Lipinski definition) is 4. The van der Waals surface area contributed by atoms with Gasteiger partial charge in [0, 0.05) is 55.0 Å². The molecule has 0 radical (unpaired) electrons. The number of nitrogens with two attached hydrogens (primary N) is 1. The first kappa shape index (κ1) is 27.3. The highest BCUT2D eigenvalue weighted by Crippen LogP contribution is 2.25. The van der Waals surface area contributed by atoms with Crippen LogP contribution in [0.2, 0.25) is 0 Å². The summed E-state index contributed by atoms with van der Waals surface area (Å²) in [5.41, 5.74) is 7.32. The molecule has 38 heavy (non-hydrogen) atoms. The van der Waals surface area contributed by atoms with Gasteiger partial charge in [-0.3, -0.25) is 4.79 Å². The van der Waals surface area contributed by atoms with Crippen molar-refractivity contribution in [1.29, 1.82) is 0 Å². The number of amides is 1. The van der Waals surface area contributed by atoms with E-state index in [1.807, 2.05) is 24.3 Å². The molecule has 0 saturated carbocycles. The molecule has 1 fully saturated rings. The van der Waals surface area contributed by atoms with Gasteiger partial charge in [-0.15, -0.1) is 0 Å². The number of hydrogen-bond acceptors (Lipinski definition) is 9. The average Bonchev–Trinajstić information content (AvgIpc) is 2.84. The minimum Gasteiger partial charge on any atom is -0.369 e.